The van der Waals surface area contributed by atoms with Gasteiger partial charge in [-0.2, -0.15) is 0 Å². The first-order chi connectivity index (χ1) is 9.95. The van der Waals surface area contributed by atoms with Crippen LogP contribution in [0, 0.1) is 5.82 Å². The van der Waals surface area contributed by atoms with Crippen LogP contribution in [-0.4, -0.2) is 19.4 Å². The maximum absolute atomic E-state index is 13.3. The van der Waals surface area contributed by atoms with Gasteiger partial charge in [-0.15, -0.1) is 11.8 Å². The van der Waals surface area contributed by atoms with Crippen LogP contribution >= 0.6 is 11.8 Å². The highest BCUT2D eigenvalue weighted by Gasteiger charge is 2.29. The van der Waals surface area contributed by atoms with Gasteiger partial charge in [-0.05, 0) is 36.2 Å². The van der Waals surface area contributed by atoms with Gasteiger partial charge >= 0.3 is 0 Å². The summed E-state index contributed by atoms with van der Waals surface area (Å²) in [6.07, 6.45) is 0.704. The van der Waals surface area contributed by atoms with E-state index in [9.17, 15) is 12.8 Å². The third-order valence-electron chi connectivity index (χ3n) is 3.43. The Bertz CT molecular complexity index is 765. The Kier molecular flexibility index (Phi) is 3.67. The van der Waals surface area contributed by atoms with Gasteiger partial charge in [0.25, 0.3) is 0 Å². The molecular weight excluding hydrogens is 309 g/mol. The quantitative estimate of drug-likeness (QED) is 0.882. The van der Waals surface area contributed by atoms with E-state index >= 15 is 0 Å². The molecule has 0 bridgehead atoms. The summed E-state index contributed by atoms with van der Waals surface area (Å²) >= 11 is 1.55. The first kappa shape index (κ1) is 14.4. The number of fused-ring (bicyclic) bond motifs is 1. The number of hydrogen-bond acceptors (Lipinski definition) is 4. The molecule has 0 amide bonds. The molecule has 0 aromatic heterocycles. The summed E-state index contributed by atoms with van der Waals surface area (Å²) in [6.45, 7) is 0. The standard InChI is InChI=1S/C15H14FNO2S2/c16-11-5-6-13(17)15(8-11)21(18,19)9-12-7-10-3-1-2-4-14(10)20-12/h1-6,8,12H,7,9,17H2. The SMILES string of the molecule is Nc1ccc(F)cc1S(=O)(=O)CC1Cc2ccccc2S1. The summed E-state index contributed by atoms with van der Waals surface area (Å²) in [4.78, 5) is 1.00. The molecule has 110 valence electrons. The minimum absolute atomic E-state index is 0.0417. The van der Waals surface area contributed by atoms with E-state index in [1.807, 2.05) is 24.3 Å². The van der Waals surface area contributed by atoms with E-state index in [-0.39, 0.29) is 21.6 Å². The lowest BCUT2D eigenvalue weighted by molar-refractivity contribution is 0.590. The van der Waals surface area contributed by atoms with Gasteiger partial charge in [0, 0.05) is 10.1 Å². The minimum atomic E-state index is -3.60. The Hall–Kier alpha value is -1.53. The number of hydrogen-bond donors (Lipinski definition) is 1. The lowest BCUT2D eigenvalue weighted by Gasteiger charge is -2.11. The van der Waals surface area contributed by atoms with Crippen molar-refractivity contribution in [2.24, 2.45) is 0 Å². The average molecular weight is 323 g/mol. The van der Waals surface area contributed by atoms with Gasteiger partial charge in [0.2, 0.25) is 0 Å². The molecule has 1 heterocycles. The third kappa shape index (κ3) is 2.91. The molecule has 0 aliphatic carbocycles. The van der Waals surface area contributed by atoms with Crippen LogP contribution in [0.2, 0.25) is 0 Å². The molecule has 6 heteroatoms. The maximum atomic E-state index is 13.3. The average Bonchev–Trinajstić information content (AvgIpc) is 2.82. The smallest absolute Gasteiger partial charge is 0.181 e. The van der Waals surface area contributed by atoms with Crippen LogP contribution in [-0.2, 0) is 16.3 Å². The van der Waals surface area contributed by atoms with Crippen molar-refractivity contribution in [2.75, 3.05) is 11.5 Å². The highest BCUT2D eigenvalue weighted by molar-refractivity contribution is 8.01. The van der Waals surface area contributed by atoms with Gasteiger partial charge in [0.15, 0.2) is 9.84 Å². The van der Waals surface area contributed by atoms with Crippen LogP contribution in [0.15, 0.2) is 52.3 Å². The lowest BCUT2D eigenvalue weighted by Crippen LogP contribution is -2.19. The topological polar surface area (TPSA) is 60.2 Å². The molecule has 1 atom stereocenters. The van der Waals surface area contributed by atoms with Crippen LogP contribution in [0.5, 0.6) is 0 Å². The molecule has 0 saturated carbocycles. The highest BCUT2D eigenvalue weighted by Crippen LogP contribution is 2.38. The Labute approximate surface area is 127 Å². The number of anilines is 1. The van der Waals surface area contributed by atoms with Gasteiger partial charge in [0.05, 0.1) is 16.3 Å². The van der Waals surface area contributed by atoms with Gasteiger partial charge in [-0.1, -0.05) is 18.2 Å². The molecule has 0 saturated heterocycles. The maximum Gasteiger partial charge on any atom is 0.181 e. The number of thioether (sulfide) groups is 1. The number of rotatable bonds is 3. The van der Waals surface area contributed by atoms with Crippen LogP contribution in [0.4, 0.5) is 10.1 Å². The van der Waals surface area contributed by atoms with Crippen LogP contribution in [0.1, 0.15) is 5.56 Å². The minimum Gasteiger partial charge on any atom is -0.398 e. The van der Waals surface area contributed by atoms with E-state index < -0.39 is 15.7 Å². The highest BCUT2D eigenvalue weighted by atomic mass is 32.2. The Morgan fingerprint density at radius 1 is 1.24 bits per heavy atom. The van der Waals surface area contributed by atoms with Crippen molar-refractivity contribution < 1.29 is 12.8 Å². The van der Waals surface area contributed by atoms with Gasteiger partial charge < -0.3 is 5.73 Å². The molecule has 1 aliphatic rings. The second-order valence-electron chi connectivity index (χ2n) is 5.02. The summed E-state index contributed by atoms with van der Waals surface area (Å²) in [5.41, 5.74) is 6.94. The Morgan fingerprint density at radius 2 is 2.00 bits per heavy atom. The van der Waals surface area contributed by atoms with E-state index in [1.54, 1.807) is 11.8 Å². The second kappa shape index (κ2) is 5.35. The van der Waals surface area contributed by atoms with E-state index in [2.05, 4.69) is 0 Å². The first-order valence-electron chi connectivity index (χ1n) is 6.48. The number of sulfone groups is 1. The molecule has 21 heavy (non-hydrogen) atoms. The zero-order valence-corrected chi connectivity index (χ0v) is 12.8. The van der Waals surface area contributed by atoms with Crippen molar-refractivity contribution in [3.63, 3.8) is 0 Å². The van der Waals surface area contributed by atoms with E-state index in [1.165, 1.54) is 6.07 Å². The van der Waals surface area contributed by atoms with Crippen molar-refractivity contribution in [1.29, 1.82) is 0 Å². The molecule has 1 unspecified atom stereocenters. The van der Waals surface area contributed by atoms with Crippen LogP contribution in [0.25, 0.3) is 0 Å². The summed E-state index contributed by atoms with van der Waals surface area (Å²) in [6, 6.07) is 11.3. The van der Waals surface area contributed by atoms with Gasteiger partial charge in [-0.3, -0.25) is 0 Å². The number of nitrogen functional groups attached to an aromatic ring is 1. The van der Waals surface area contributed by atoms with Crippen molar-refractivity contribution in [2.45, 2.75) is 21.5 Å². The van der Waals surface area contributed by atoms with E-state index in [0.717, 1.165) is 22.6 Å². The number of halogens is 1. The predicted octanol–water partition coefficient (Wildman–Crippen LogP) is 2.90. The molecule has 2 N–H and O–H groups in total. The molecular formula is C15H14FNO2S2. The molecule has 0 fully saturated rings. The van der Waals surface area contributed by atoms with Crippen molar-refractivity contribution in [3.8, 4) is 0 Å². The monoisotopic (exact) mass is 323 g/mol. The zero-order valence-electron chi connectivity index (χ0n) is 11.1. The molecule has 3 nitrogen and oxygen atoms in total. The number of benzene rings is 2. The fourth-order valence-corrected chi connectivity index (χ4v) is 5.86. The summed E-state index contributed by atoms with van der Waals surface area (Å²) in [5, 5.41) is -0.0601. The number of nitrogens with two attached hydrogens (primary N) is 1. The molecule has 0 radical (unpaired) electrons. The summed E-state index contributed by atoms with van der Waals surface area (Å²) < 4.78 is 38.2. The van der Waals surface area contributed by atoms with Crippen molar-refractivity contribution in [1.82, 2.24) is 0 Å². The van der Waals surface area contributed by atoms with E-state index in [0.29, 0.717) is 6.42 Å². The van der Waals surface area contributed by atoms with Gasteiger partial charge in [-0.25, -0.2) is 12.8 Å². The largest absolute Gasteiger partial charge is 0.398 e. The Balaban J connectivity index is 1.84. The zero-order chi connectivity index (χ0) is 15.0. The fourth-order valence-electron chi connectivity index (χ4n) is 2.46. The predicted molar refractivity (Wildman–Crippen MR) is 82.7 cm³/mol. The van der Waals surface area contributed by atoms with E-state index in [4.69, 9.17) is 5.73 Å². The molecule has 2 aromatic rings. The lowest BCUT2D eigenvalue weighted by atomic mass is 10.1. The van der Waals surface area contributed by atoms with Crippen LogP contribution < -0.4 is 5.73 Å². The Morgan fingerprint density at radius 3 is 2.76 bits per heavy atom. The summed E-state index contributed by atoms with van der Waals surface area (Å²) in [5.74, 6) is -0.634. The first-order valence-corrected chi connectivity index (χ1v) is 9.01. The third-order valence-corrected chi connectivity index (χ3v) is 6.82. The molecule has 0 spiro atoms. The van der Waals surface area contributed by atoms with Crippen molar-refractivity contribution in [3.05, 3.63) is 53.8 Å². The molecule has 2 aromatic carbocycles. The van der Waals surface area contributed by atoms with Gasteiger partial charge in [0.1, 0.15) is 5.82 Å². The fraction of sp³-hybridized carbons (Fsp3) is 0.200. The normalized spacial score (nSPS) is 17.7. The van der Waals surface area contributed by atoms with Crippen molar-refractivity contribution >= 4 is 27.3 Å². The molecule has 3 rings (SSSR count). The summed E-state index contributed by atoms with van der Waals surface area (Å²) in [7, 11) is -3.60. The molecule has 1 aliphatic heterocycles. The second-order valence-corrected chi connectivity index (χ2v) is 8.36. The van der Waals surface area contributed by atoms with Crippen LogP contribution in [0.3, 0.4) is 0 Å².